The van der Waals surface area contributed by atoms with E-state index in [4.69, 9.17) is 19.9 Å². The zero-order valence-corrected chi connectivity index (χ0v) is 47.9. The first-order valence-corrected chi connectivity index (χ1v) is 29.5. The molecule has 0 radical (unpaired) electrons. The molecule has 6 nitrogen and oxygen atoms in total. The van der Waals surface area contributed by atoms with E-state index in [0.717, 1.165) is 83.7 Å². The zero-order chi connectivity index (χ0) is 58.6. The predicted octanol–water partition coefficient (Wildman–Crippen LogP) is 21.0. The lowest BCUT2D eigenvalue weighted by Gasteiger charge is -2.14. The monoisotopic (exact) mass is 1120 g/mol. The maximum atomic E-state index is 5.35. The van der Waals surface area contributed by atoms with Gasteiger partial charge in [-0.15, -0.1) is 0 Å². The SMILES string of the molecule is c1ccc(-c2cccc(-c3nc(-c4ccc5c6ccccc6c6ccccc6c5c4)ncc3-c3cccc(-c4cccnc4)c3)c2)cc1.c1ccc(-c2ncc(-c3cccc(-c4cccnc4)c3)c(-c3ccc(-c4cccc5ccccc45)cc3)n2)cc1. The third-order valence-corrected chi connectivity index (χ3v) is 16.5. The fourth-order valence-electron chi connectivity index (χ4n) is 12.1. The Labute approximate surface area is 510 Å². The highest BCUT2D eigenvalue weighted by molar-refractivity contribution is 6.25. The average molecular weight is 1120 g/mol. The number of pyridine rings is 2. The molecule has 0 saturated carbocycles. The molecular weight excluding hydrogens is 1070 g/mol. The summed E-state index contributed by atoms with van der Waals surface area (Å²) in [6, 6.07) is 102. The van der Waals surface area contributed by atoms with Gasteiger partial charge < -0.3 is 0 Å². The Kier molecular flexibility index (Phi) is 14.2. The van der Waals surface area contributed by atoms with Crippen molar-refractivity contribution in [3.63, 3.8) is 0 Å². The van der Waals surface area contributed by atoms with Crippen molar-refractivity contribution < 1.29 is 0 Å². The smallest absolute Gasteiger partial charge is 0.159 e. The van der Waals surface area contributed by atoms with E-state index in [-0.39, 0.29) is 0 Å². The van der Waals surface area contributed by atoms with Gasteiger partial charge in [-0.3, -0.25) is 9.97 Å². The summed E-state index contributed by atoms with van der Waals surface area (Å²) in [5.74, 6) is 1.40. The molecule has 0 atom stereocenters. The van der Waals surface area contributed by atoms with Crippen LogP contribution in [-0.2, 0) is 0 Å². The summed E-state index contributed by atoms with van der Waals surface area (Å²) in [7, 11) is 0. The van der Waals surface area contributed by atoms with Crippen LogP contribution in [0.4, 0.5) is 0 Å². The van der Waals surface area contributed by atoms with E-state index in [1.807, 2.05) is 73.3 Å². The van der Waals surface area contributed by atoms with Crippen LogP contribution in [0.3, 0.4) is 0 Å². The van der Waals surface area contributed by atoms with E-state index in [1.165, 1.54) is 59.8 Å². The largest absolute Gasteiger partial charge is 0.264 e. The first-order valence-electron chi connectivity index (χ1n) is 29.5. The van der Waals surface area contributed by atoms with Gasteiger partial charge in [-0.05, 0) is 124 Å². The number of aromatic nitrogens is 6. The Hall–Kier alpha value is -11.9. The van der Waals surface area contributed by atoms with E-state index in [2.05, 4.69) is 253 Å². The van der Waals surface area contributed by atoms with Gasteiger partial charge in [0.15, 0.2) is 11.6 Å². The molecule has 412 valence electrons. The molecule has 0 bridgehead atoms. The molecular formula is C82H54N6. The minimum Gasteiger partial charge on any atom is -0.264 e. The first-order chi connectivity index (χ1) is 43.6. The average Bonchev–Trinajstić information content (AvgIpc) is 1.54. The molecule has 0 aliphatic carbocycles. The molecule has 6 heteroatoms. The van der Waals surface area contributed by atoms with Gasteiger partial charge >= 0.3 is 0 Å². The van der Waals surface area contributed by atoms with Crippen LogP contribution in [0, 0.1) is 0 Å². The second kappa shape index (κ2) is 23.7. The van der Waals surface area contributed by atoms with Gasteiger partial charge in [0.05, 0.1) is 11.4 Å². The second-order valence-corrected chi connectivity index (χ2v) is 21.8. The standard InChI is InChI=1S/C45H29N3.C37H25N3/c1-2-11-30(12-3-1)31-13-9-16-34(26-31)44-43(33-15-8-14-32(25-33)36-17-10-24-46-28-36)29-47-45(48-44)35-22-23-41-39-20-5-4-18-37(39)38-19-6-7-21-40(38)42(41)27-35;1-2-10-29(11-3-1)37-39-25-35(31-14-6-13-30(23-31)32-15-8-22-38-24-32)36(40-37)28-20-18-27(19-21-28)34-17-7-12-26-9-4-5-16-33(26)34/h1-29H;1-25H. The molecule has 4 aromatic heterocycles. The van der Waals surface area contributed by atoms with Crippen molar-refractivity contribution in [1.82, 2.24) is 29.9 Å². The summed E-state index contributed by atoms with van der Waals surface area (Å²) in [6.07, 6.45) is 11.3. The molecule has 0 fully saturated rings. The first kappa shape index (κ1) is 52.9. The molecule has 16 rings (SSSR count). The third-order valence-electron chi connectivity index (χ3n) is 16.5. The van der Waals surface area contributed by atoms with Crippen molar-refractivity contribution in [1.29, 1.82) is 0 Å². The van der Waals surface area contributed by atoms with E-state index in [9.17, 15) is 0 Å². The summed E-state index contributed by atoms with van der Waals surface area (Å²) >= 11 is 0. The van der Waals surface area contributed by atoms with Crippen molar-refractivity contribution in [3.8, 4) is 112 Å². The number of hydrogen-bond donors (Lipinski definition) is 0. The molecule has 0 amide bonds. The van der Waals surface area contributed by atoms with E-state index >= 15 is 0 Å². The lowest BCUT2D eigenvalue weighted by Crippen LogP contribution is -1.97. The van der Waals surface area contributed by atoms with Crippen LogP contribution in [0.15, 0.2) is 328 Å². The molecule has 0 aliphatic rings. The zero-order valence-electron chi connectivity index (χ0n) is 47.9. The molecule has 0 saturated heterocycles. The Balaban J connectivity index is 0.000000150. The maximum Gasteiger partial charge on any atom is 0.159 e. The molecule has 0 N–H and O–H groups in total. The maximum absolute atomic E-state index is 5.35. The van der Waals surface area contributed by atoms with Crippen LogP contribution in [-0.4, -0.2) is 29.9 Å². The van der Waals surface area contributed by atoms with Crippen LogP contribution in [0.25, 0.3) is 155 Å². The van der Waals surface area contributed by atoms with E-state index in [1.54, 1.807) is 12.4 Å². The Morgan fingerprint density at radius 1 is 0.193 bits per heavy atom. The van der Waals surface area contributed by atoms with Crippen LogP contribution in [0.5, 0.6) is 0 Å². The molecule has 0 unspecified atom stereocenters. The van der Waals surface area contributed by atoms with E-state index < -0.39 is 0 Å². The highest BCUT2D eigenvalue weighted by Crippen LogP contribution is 2.41. The number of benzene rings is 12. The molecule has 4 heterocycles. The van der Waals surface area contributed by atoms with Crippen LogP contribution >= 0.6 is 0 Å². The second-order valence-electron chi connectivity index (χ2n) is 21.8. The Morgan fingerprint density at radius 2 is 0.591 bits per heavy atom. The van der Waals surface area contributed by atoms with Crippen molar-refractivity contribution in [2.75, 3.05) is 0 Å². The number of nitrogens with zero attached hydrogens (tertiary/aromatic N) is 6. The van der Waals surface area contributed by atoms with Crippen LogP contribution in [0.2, 0.25) is 0 Å². The summed E-state index contributed by atoms with van der Waals surface area (Å²) in [5.41, 5.74) is 19.0. The van der Waals surface area contributed by atoms with Gasteiger partial charge in [0.25, 0.3) is 0 Å². The van der Waals surface area contributed by atoms with Gasteiger partial charge in [0.2, 0.25) is 0 Å². The number of hydrogen-bond acceptors (Lipinski definition) is 6. The van der Waals surface area contributed by atoms with Crippen molar-refractivity contribution in [3.05, 3.63) is 328 Å². The minimum atomic E-state index is 0.696. The number of rotatable bonds is 10. The van der Waals surface area contributed by atoms with Crippen LogP contribution in [0.1, 0.15) is 0 Å². The summed E-state index contributed by atoms with van der Waals surface area (Å²) in [5, 5.41) is 9.92. The molecule has 12 aromatic carbocycles. The summed E-state index contributed by atoms with van der Waals surface area (Å²) in [4.78, 5) is 28.9. The van der Waals surface area contributed by atoms with Crippen LogP contribution < -0.4 is 0 Å². The topological polar surface area (TPSA) is 77.3 Å². The molecule has 0 spiro atoms. The highest BCUT2D eigenvalue weighted by atomic mass is 14.9. The van der Waals surface area contributed by atoms with Crippen molar-refractivity contribution in [2.45, 2.75) is 0 Å². The molecule has 88 heavy (non-hydrogen) atoms. The van der Waals surface area contributed by atoms with Gasteiger partial charge in [-0.25, -0.2) is 19.9 Å². The van der Waals surface area contributed by atoms with Crippen molar-refractivity contribution >= 4 is 43.1 Å². The summed E-state index contributed by atoms with van der Waals surface area (Å²) < 4.78 is 0. The third kappa shape index (κ3) is 10.5. The van der Waals surface area contributed by atoms with Gasteiger partial charge in [-0.1, -0.05) is 255 Å². The Bertz CT molecular complexity index is 5150. The van der Waals surface area contributed by atoms with Gasteiger partial charge in [0.1, 0.15) is 0 Å². The lowest BCUT2D eigenvalue weighted by atomic mass is 9.93. The Morgan fingerprint density at radius 3 is 1.17 bits per heavy atom. The lowest BCUT2D eigenvalue weighted by molar-refractivity contribution is 1.18. The fourth-order valence-corrected chi connectivity index (χ4v) is 12.1. The fraction of sp³-hybridized carbons (Fsp3) is 0. The normalized spacial score (nSPS) is 11.2. The highest BCUT2D eigenvalue weighted by Gasteiger charge is 2.18. The summed E-state index contributed by atoms with van der Waals surface area (Å²) in [6.45, 7) is 0. The van der Waals surface area contributed by atoms with Crippen molar-refractivity contribution in [2.24, 2.45) is 0 Å². The predicted molar refractivity (Wildman–Crippen MR) is 364 cm³/mol. The number of fused-ring (bicyclic) bond motifs is 7. The van der Waals surface area contributed by atoms with Gasteiger partial charge in [0, 0.05) is 81.7 Å². The quantitative estimate of drug-likeness (QED) is 0.127. The molecule has 0 aliphatic heterocycles. The van der Waals surface area contributed by atoms with Gasteiger partial charge in [-0.2, -0.15) is 0 Å². The minimum absolute atomic E-state index is 0.696. The van der Waals surface area contributed by atoms with E-state index in [0.29, 0.717) is 11.6 Å². The molecule has 16 aromatic rings.